The SMILES string of the molecule is CC(=O)C[C@@H](c1ccc(C)s1)c1c[nH]c2ccccc12. The average Bonchev–Trinajstić information content (AvgIpc) is 3.02. The summed E-state index contributed by atoms with van der Waals surface area (Å²) in [5.74, 6) is 0.383. The van der Waals surface area contributed by atoms with Gasteiger partial charge in [-0.3, -0.25) is 4.79 Å². The molecule has 2 nitrogen and oxygen atoms in total. The number of Topliss-reactive ketones (excluding diaryl/α,β-unsaturated/α-hetero) is 1. The second-order valence-corrected chi connectivity index (χ2v) is 6.52. The van der Waals surface area contributed by atoms with Gasteiger partial charge >= 0.3 is 0 Å². The number of hydrogen-bond donors (Lipinski definition) is 1. The Morgan fingerprint density at radius 3 is 2.75 bits per heavy atom. The minimum atomic E-state index is 0.155. The lowest BCUT2D eigenvalue weighted by Crippen LogP contribution is -2.04. The molecule has 3 rings (SSSR count). The molecule has 1 atom stereocenters. The molecule has 1 aromatic carbocycles. The monoisotopic (exact) mass is 283 g/mol. The van der Waals surface area contributed by atoms with Crippen LogP contribution in [0.15, 0.2) is 42.6 Å². The topological polar surface area (TPSA) is 32.9 Å². The zero-order valence-electron chi connectivity index (χ0n) is 11.6. The quantitative estimate of drug-likeness (QED) is 0.743. The molecular weight excluding hydrogens is 266 g/mol. The van der Waals surface area contributed by atoms with Crippen molar-refractivity contribution in [3.05, 3.63) is 57.9 Å². The summed E-state index contributed by atoms with van der Waals surface area (Å²) in [4.78, 5) is 17.5. The van der Waals surface area contributed by atoms with Gasteiger partial charge in [0, 0.05) is 39.2 Å². The average molecular weight is 283 g/mol. The van der Waals surface area contributed by atoms with Crippen LogP contribution in [-0.4, -0.2) is 10.8 Å². The number of thiophene rings is 1. The van der Waals surface area contributed by atoms with Gasteiger partial charge in [-0.25, -0.2) is 0 Å². The van der Waals surface area contributed by atoms with Crippen molar-refractivity contribution in [3.8, 4) is 0 Å². The molecule has 0 aliphatic carbocycles. The van der Waals surface area contributed by atoms with E-state index < -0.39 is 0 Å². The Balaban J connectivity index is 2.11. The number of nitrogens with one attached hydrogen (secondary N) is 1. The van der Waals surface area contributed by atoms with Crippen molar-refractivity contribution in [3.63, 3.8) is 0 Å². The number of benzene rings is 1. The molecule has 3 heteroatoms. The maximum absolute atomic E-state index is 11.7. The zero-order chi connectivity index (χ0) is 14.1. The molecule has 0 amide bonds. The Morgan fingerprint density at radius 2 is 2.05 bits per heavy atom. The molecule has 0 spiro atoms. The van der Waals surface area contributed by atoms with E-state index >= 15 is 0 Å². The predicted molar refractivity (Wildman–Crippen MR) is 84.5 cm³/mol. The van der Waals surface area contributed by atoms with Crippen LogP contribution in [0.25, 0.3) is 10.9 Å². The van der Waals surface area contributed by atoms with Crippen molar-refractivity contribution in [2.45, 2.75) is 26.2 Å². The summed E-state index contributed by atoms with van der Waals surface area (Å²) in [5.41, 5.74) is 2.35. The van der Waals surface area contributed by atoms with Crippen LogP contribution in [-0.2, 0) is 4.79 Å². The Hall–Kier alpha value is -1.87. The van der Waals surface area contributed by atoms with Gasteiger partial charge in [0.2, 0.25) is 0 Å². The van der Waals surface area contributed by atoms with Gasteiger partial charge in [-0.1, -0.05) is 18.2 Å². The number of ketones is 1. The first-order valence-electron chi connectivity index (χ1n) is 6.77. The normalized spacial score (nSPS) is 12.7. The molecule has 0 fully saturated rings. The minimum Gasteiger partial charge on any atom is -0.361 e. The summed E-state index contributed by atoms with van der Waals surface area (Å²) in [6, 6.07) is 12.5. The third-order valence-electron chi connectivity index (χ3n) is 3.59. The number of H-pyrrole nitrogens is 1. The third-order valence-corrected chi connectivity index (χ3v) is 4.71. The van der Waals surface area contributed by atoms with Gasteiger partial charge in [0.1, 0.15) is 5.78 Å². The third kappa shape index (κ3) is 2.41. The maximum Gasteiger partial charge on any atom is 0.130 e. The molecule has 0 bridgehead atoms. The number of hydrogen-bond acceptors (Lipinski definition) is 2. The van der Waals surface area contributed by atoms with Gasteiger partial charge in [0.15, 0.2) is 0 Å². The standard InChI is InChI=1S/C17H17NOS/c1-11(19)9-14(17-8-7-12(2)20-17)15-10-18-16-6-4-3-5-13(15)16/h3-8,10,14,18H,9H2,1-2H3/t14-/m1/s1. The molecule has 0 saturated heterocycles. The van der Waals surface area contributed by atoms with Crippen molar-refractivity contribution in [1.82, 2.24) is 4.98 Å². The fourth-order valence-corrected chi connectivity index (χ4v) is 3.67. The Bertz CT molecular complexity index is 753. The van der Waals surface area contributed by atoms with E-state index in [-0.39, 0.29) is 11.7 Å². The summed E-state index contributed by atoms with van der Waals surface area (Å²) in [6.45, 7) is 3.77. The summed E-state index contributed by atoms with van der Waals surface area (Å²) in [6.07, 6.45) is 2.61. The van der Waals surface area contributed by atoms with Crippen LogP contribution >= 0.6 is 11.3 Å². The van der Waals surface area contributed by atoms with Crippen LogP contribution in [0.1, 0.15) is 34.6 Å². The van der Waals surface area contributed by atoms with Crippen molar-refractivity contribution < 1.29 is 4.79 Å². The highest BCUT2D eigenvalue weighted by Gasteiger charge is 2.21. The Morgan fingerprint density at radius 1 is 1.25 bits per heavy atom. The van der Waals surface area contributed by atoms with Gasteiger partial charge in [-0.05, 0) is 37.6 Å². The van der Waals surface area contributed by atoms with E-state index in [9.17, 15) is 4.79 Å². The van der Waals surface area contributed by atoms with Gasteiger partial charge in [0.25, 0.3) is 0 Å². The molecular formula is C17H17NOS. The second kappa shape index (κ2) is 5.25. The number of para-hydroxylation sites is 1. The first-order chi connectivity index (χ1) is 9.65. The van der Waals surface area contributed by atoms with E-state index in [2.05, 4.69) is 36.2 Å². The van der Waals surface area contributed by atoms with E-state index in [0.717, 1.165) is 5.52 Å². The molecule has 20 heavy (non-hydrogen) atoms. The van der Waals surface area contributed by atoms with E-state index in [1.165, 1.54) is 20.7 Å². The number of carbonyl (C=O) groups excluding carboxylic acids is 1. The van der Waals surface area contributed by atoms with Crippen LogP contribution in [0.5, 0.6) is 0 Å². The maximum atomic E-state index is 11.7. The van der Waals surface area contributed by atoms with Crippen LogP contribution in [0.4, 0.5) is 0 Å². The van der Waals surface area contributed by atoms with Crippen molar-refractivity contribution in [2.75, 3.05) is 0 Å². The fourth-order valence-electron chi connectivity index (χ4n) is 2.67. The highest BCUT2D eigenvalue weighted by molar-refractivity contribution is 7.12. The number of aromatic amines is 1. The number of rotatable bonds is 4. The number of aryl methyl sites for hydroxylation is 1. The highest BCUT2D eigenvalue weighted by Crippen LogP contribution is 2.36. The lowest BCUT2D eigenvalue weighted by Gasteiger charge is -2.13. The van der Waals surface area contributed by atoms with Crippen LogP contribution in [0.3, 0.4) is 0 Å². The molecule has 0 radical (unpaired) electrons. The molecule has 3 aromatic rings. The lowest BCUT2D eigenvalue weighted by molar-refractivity contribution is -0.117. The first-order valence-corrected chi connectivity index (χ1v) is 7.58. The number of carbonyl (C=O) groups is 1. The molecule has 0 unspecified atom stereocenters. The van der Waals surface area contributed by atoms with E-state index in [1.807, 2.05) is 18.3 Å². The zero-order valence-corrected chi connectivity index (χ0v) is 12.5. The molecule has 1 N–H and O–H groups in total. The molecule has 102 valence electrons. The molecule has 0 aliphatic rings. The highest BCUT2D eigenvalue weighted by atomic mass is 32.1. The van der Waals surface area contributed by atoms with E-state index in [0.29, 0.717) is 6.42 Å². The molecule has 0 aliphatic heterocycles. The van der Waals surface area contributed by atoms with Gasteiger partial charge in [0.05, 0.1) is 0 Å². The van der Waals surface area contributed by atoms with Gasteiger partial charge < -0.3 is 4.98 Å². The summed E-state index contributed by atoms with van der Waals surface area (Å²) < 4.78 is 0. The molecule has 2 heterocycles. The van der Waals surface area contributed by atoms with E-state index in [1.54, 1.807) is 18.3 Å². The van der Waals surface area contributed by atoms with Gasteiger partial charge in [-0.15, -0.1) is 11.3 Å². The molecule has 2 aromatic heterocycles. The van der Waals surface area contributed by atoms with Crippen LogP contribution in [0.2, 0.25) is 0 Å². The number of aromatic nitrogens is 1. The van der Waals surface area contributed by atoms with Crippen LogP contribution in [0, 0.1) is 6.92 Å². The fraction of sp³-hybridized carbons (Fsp3) is 0.235. The van der Waals surface area contributed by atoms with Gasteiger partial charge in [-0.2, -0.15) is 0 Å². The smallest absolute Gasteiger partial charge is 0.130 e. The van der Waals surface area contributed by atoms with E-state index in [4.69, 9.17) is 0 Å². The first kappa shape index (κ1) is 13.1. The van der Waals surface area contributed by atoms with Crippen LogP contribution < -0.4 is 0 Å². The molecule has 0 saturated carbocycles. The van der Waals surface area contributed by atoms with Crippen molar-refractivity contribution >= 4 is 28.0 Å². The van der Waals surface area contributed by atoms with Crippen molar-refractivity contribution in [1.29, 1.82) is 0 Å². The summed E-state index contributed by atoms with van der Waals surface area (Å²) in [7, 11) is 0. The second-order valence-electron chi connectivity index (χ2n) is 5.20. The largest absolute Gasteiger partial charge is 0.361 e. The Kier molecular flexibility index (Phi) is 3.45. The van der Waals surface area contributed by atoms with Crippen molar-refractivity contribution in [2.24, 2.45) is 0 Å². The summed E-state index contributed by atoms with van der Waals surface area (Å²) >= 11 is 1.78. The lowest BCUT2D eigenvalue weighted by atomic mass is 9.92. The summed E-state index contributed by atoms with van der Waals surface area (Å²) in [5, 5.41) is 1.21. The number of fused-ring (bicyclic) bond motifs is 1. The predicted octanol–water partition coefficient (Wildman–Crippen LogP) is 4.65. The minimum absolute atomic E-state index is 0.155. The Labute approximate surface area is 122 Å².